The van der Waals surface area contributed by atoms with Crippen molar-refractivity contribution in [3.05, 3.63) is 35.9 Å². The maximum absolute atomic E-state index is 12.3. The molecule has 19 heavy (non-hydrogen) atoms. The second-order valence-corrected chi connectivity index (χ2v) is 5.71. The Kier molecular flexibility index (Phi) is 3.71. The predicted molar refractivity (Wildman–Crippen MR) is 73.2 cm³/mol. The van der Waals surface area contributed by atoms with E-state index in [1.165, 1.54) is 4.90 Å². The topological polar surface area (TPSA) is 63.4 Å². The van der Waals surface area contributed by atoms with Crippen LogP contribution in [-0.2, 0) is 16.0 Å². The van der Waals surface area contributed by atoms with E-state index in [0.29, 0.717) is 13.0 Å². The fourth-order valence-electron chi connectivity index (χ4n) is 2.51. The third-order valence-electron chi connectivity index (χ3n) is 3.61. The van der Waals surface area contributed by atoms with Crippen LogP contribution in [0.15, 0.2) is 30.3 Å². The Balaban J connectivity index is 2.19. The summed E-state index contributed by atoms with van der Waals surface area (Å²) in [6.45, 7) is 3.91. The highest BCUT2D eigenvalue weighted by Gasteiger charge is 2.47. The first-order valence-corrected chi connectivity index (χ1v) is 6.56. The van der Waals surface area contributed by atoms with Gasteiger partial charge in [-0.2, -0.15) is 0 Å². The van der Waals surface area contributed by atoms with Crippen molar-refractivity contribution < 1.29 is 9.59 Å². The minimum absolute atomic E-state index is 0.108. The lowest BCUT2D eigenvalue weighted by molar-refractivity contribution is -0.143. The molecule has 0 radical (unpaired) electrons. The van der Waals surface area contributed by atoms with Gasteiger partial charge in [0.15, 0.2) is 0 Å². The van der Waals surface area contributed by atoms with E-state index in [9.17, 15) is 9.59 Å². The van der Waals surface area contributed by atoms with Crippen LogP contribution in [0.3, 0.4) is 0 Å². The van der Waals surface area contributed by atoms with Crippen LogP contribution in [0.2, 0.25) is 0 Å². The molecular formula is C15H20N2O2. The highest BCUT2D eigenvalue weighted by atomic mass is 16.2. The molecule has 0 saturated carbocycles. The van der Waals surface area contributed by atoms with Crippen molar-refractivity contribution in [2.75, 3.05) is 6.54 Å². The van der Waals surface area contributed by atoms with E-state index < -0.39 is 5.41 Å². The SMILES string of the molecule is CC1(C)CC(=O)N(C(CN)Cc2ccccc2)C1=O. The van der Waals surface area contributed by atoms with Crippen molar-refractivity contribution in [2.45, 2.75) is 32.7 Å². The van der Waals surface area contributed by atoms with E-state index in [4.69, 9.17) is 5.73 Å². The molecular weight excluding hydrogens is 240 g/mol. The number of carbonyl (C=O) groups is 2. The Labute approximate surface area is 113 Å². The number of carbonyl (C=O) groups excluding carboxylic acids is 2. The second kappa shape index (κ2) is 5.13. The summed E-state index contributed by atoms with van der Waals surface area (Å²) >= 11 is 0. The molecule has 1 atom stereocenters. The van der Waals surface area contributed by atoms with Crippen molar-refractivity contribution in [3.8, 4) is 0 Å². The van der Waals surface area contributed by atoms with Crippen LogP contribution in [0.5, 0.6) is 0 Å². The van der Waals surface area contributed by atoms with E-state index >= 15 is 0 Å². The monoisotopic (exact) mass is 260 g/mol. The average molecular weight is 260 g/mol. The van der Waals surface area contributed by atoms with E-state index in [1.807, 2.05) is 44.2 Å². The Morgan fingerprint density at radius 2 is 1.89 bits per heavy atom. The normalized spacial score (nSPS) is 19.8. The number of hydrogen-bond donors (Lipinski definition) is 1. The highest BCUT2D eigenvalue weighted by Crippen LogP contribution is 2.33. The van der Waals surface area contributed by atoms with Gasteiger partial charge in [-0.15, -0.1) is 0 Å². The fourth-order valence-corrected chi connectivity index (χ4v) is 2.51. The molecule has 4 heteroatoms. The second-order valence-electron chi connectivity index (χ2n) is 5.71. The molecule has 1 fully saturated rings. The predicted octanol–water partition coefficient (Wildman–Crippen LogP) is 1.34. The van der Waals surface area contributed by atoms with Crippen LogP contribution in [0, 0.1) is 5.41 Å². The Morgan fingerprint density at radius 1 is 1.26 bits per heavy atom. The minimum atomic E-state index is -0.596. The zero-order chi connectivity index (χ0) is 14.0. The van der Waals surface area contributed by atoms with E-state index in [-0.39, 0.29) is 24.3 Å². The first kappa shape index (κ1) is 13.7. The lowest BCUT2D eigenvalue weighted by Crippen LogP contribution is -2.46. The maximum Gasteiger partial charge on any atom is 0.235 e. The highest BCUT2D eigenvalue weighted by molar-refractivity contribution is 6.05. The maximum atomic E-state index is 12.3. The largest absolute Gasteiger partial charge is 0.328 e. The summed E-state index contributed by atoms with van der Waals surface area (Å²) in [4.78, 5) is 25.7. The van der Waals surface area contributed by atoms with Gasteiger partial charge in [-0.1, -0.05) is 44.2 Å². The van der Waals surface area contributed by atoms with Crippen molar-refractivity contribution in [3.63, 3.8) is 0 Å². The molecule has 1 aliphatic rings. The number of benzene rings is 1. The summed E-state index contributed by atoms with van der Waals surface area (Å²) in [5, 5.41) is 0. The molecule has 2 rings (SSSR count). The van der Waals surface area contributed by atoms with Gasteiger partial charge in [-0.05, 0) is 12.0 Å². The zero-order valence-corrected chi connectivity index (χ0v) is 11.4. The molecule has 0 aromatic heterocycles. The summed E-state index contributed by atoms with van der Waals surface area (Å²) in [5.74, 6) is -0.217. The molecule has 1 aliphatic heterocycles. The number of likely N-dealkylation sites (tertiary alicyclic amines) is 1. The van der Waals surface area contributed by atoms with Crippen molar-refractivity contribution in [1.82, 2.24) is 4.90 Å². The van der Waals surface area contributed by atoms with Crippen LogP contribution in [-0.4, -0.2) is 29.3 Å². The third-order valence-corrected chi connectivity index (χ3v) is 3.61. The van der Waals surface area contributed by atoms with Crippen LogP contribution >= 0.6 is 0 Å². The number of hydrogen-bond acceptors (Lipinski definition) is 3. The van der Waals surface area contributed by atoms with Crippen LogP contribution in [0.4, 0.5) is 0 Å². The van der Waals surface area contributed by atoms with E-state index in [0.717, 1.165) is 5.56 Å². The minimum Gasteiger partial charge on any atom is -0.328 e. The smallest absolute Gasteiger partial charge is 0.235 e. The third kappa shape index (κ3) is 2.68. The molecule has 0 aliphatic carbocycles. The lowest BCUT2D eigenvalue weighted by Gasteiger charge is -2.26. The van der Waals surface area contributed by atoms with Gasteiger partial charge in [0.1, 0.15) is 0 Å². The number of rotatable bonds is 4. The molecule has 0 bridgehead atoms. The van der Waals surface area contributed by atoms with Crippen molar-refractivity contribution in [1.29, 1.82) is 0 Å². The zero-order valence-electron chi connectivity index (χ0n) is 11.4. The van der Waals surface area contributed by atoms with Gasteiger partial charge in [0.2, 0.25) is 11.8 Å². The molecule has 1 unspecified atom stereocenters. The Bertz CT molecular complexity index is 482. The van der Waals surface area contributed by atoms with Gasteiger partial charge in [-0.25, -0.2) is 0 Å². The van der Waals surface area contributed by atoms with Crippen LogP contribution in [0.25, 0.3) is 0 Å². The Morgan fingerprint density at radius 3 is 2.37 bits per heavy atom. The van der Waals surface area contributed by atoms with Crippen LogP contribution < -0.4 is 5.73 Å². The van der Waals surface area contributed by atoms with Gasteiger partial charge in [0.25, 0.3) is 0 Å². The van der Waals surface area contributed by atoms with Gasteiger partial charge < -0.3 is 5.73 Å². The fraction of sp³-hybridized carbons (Fsp3) is 0.467. The number of nitrogens with zero attached hydrogens (tertiary/aromatic N) is 1. The standard InChI is InChI=1S/C15H20N2O2/c1-15(2)9-13(18)17(14(15)19)12(10-16)8-11-6-4-3-5-7-11/h3-7,12H,8-10,16H2,1-2H3. The molecule has 1 heterocycles. The summed E-state index contributed by atoms with van der Waals surface area (Å²) in [7, 11) is 0. The Hall–Kier alpha value is -1.68. The molecule has 2 amide bonds. The summed E-state index contributed by atoms with van der Waals surface area (Å²) in [6, 6.07) is 9.55. The summed E-state index contributed by atoms with van der Waals surface area (Å²) in [6.07, 6.45) is 0.891. The molecule has 4 nitrogen and oxygen atoms in total. The molecule has 1 aromatic rings. The van der Waals surface area contributed by atoms with Crippen molar-refractivity contribution >= 4 is 11.8 Å². The first-order valence-electron chi connectivity index (χ1n) is 6.56. The lowest BCUT2D eigenvalue weighted by atomic mass is 9.92. The average Bonchev–Trinajstić information content (AvgIpc) is 2.57. The van der Waals surface area contributed by atoms with Crippen molar-refractivity contribution in [2.24, 2.45) is 11.1 Å². The van der Waals surface area contributed by atoms with Gasteiger partial charge >= 0.3 is 0 Å². The molecule has 102 valence electrons. The van der Waals surface area contributed by atoms with E-state index in [1.54, 1.807) is 0 Å². The summed E-state index contributed by atoms with van der Waals surface area (Å²) < 4.78 is 0. The first-order chi connectivity index (χ1) is 8.95. The quantitative estimate of drug-likeness (QED) is 0.831. The van der Waals surface area contributed by atoms with Crippen LogP contribution in [0.1, 0.15) is 25.8 Å². The van der Waals surface area contributed by atoms with Gasteiger partial charge in [0.05, 0.1) is 11.5 Å². The molecule has 0 spiro atoms. The number of imide groups is 1. The van der Waals surface area contributed by atoms with Gasteiger partial charge in [0, 0.05) is 13.0 Å². The summed E-state index contributed by atoms with van der Waals surface area (Å²) in [5.41, 5.74) is 6.26. The molecule has 2 N–H and O–H groups in total. The van der Waals surface area contributed by atoms with E-state index in [2.05, 4.69) is 0 Å². The molecule has 1 aromatic carbocycles. The number of amides is 2. The van der Waals surface area contributed by atoms with Gasteiger partial charge in [-0.3, -0.25) is 14.5 Å². The molecule has 1 saturated heterocycles. The number of nitrogens with two attached hydrogens (primary N) is 1.